The van der Waals surface area contributed by atoms with E-state index in [1.54, 1.807) is 11.8 Å². The van der Waals surface area contributed by atoms with E-state index in [2.05, 4.69) is 10.2 Å². The van der Waals surface area contributed by atoms with Crippen LogP contribution >= 0.6 is 11.8 Å². The number of rotatable bonds is 4. The van der Waals surface area contributed by atoms with E-state index in [9.17, 15) is 0 Å². The normalized spacial score (nSPS) is 10.8. The molecule has 0 aliphatic carbocycles. The van der Waals surface area contributed by atoms with Crippen LogP contribution in [0.5, 0.6) is 0 Å². The third kappa shape index (κ3) is 2.87. The van der Waals surface area contributed by atoms with Gasteiger partial charge in [-0.15, -0.1) is 10.2 Å². The smallest absolute Gasteiger partial charge is 0.191 e. The molecule has 1 heterocycles. The summed E-state index contributed by atoms with van der Waals surface area (Å²) in [4.78, 5) is 0. The zero-order valence-corrected chi connectivity index (χ0v) is 10.7. The lowest BCUT2D eigenvalue weighted by molar-refractivity contribution is 0.282. The third-order valence-corrected chi connectivity index (χ3v) is 3.72. The number of nitrogens with zero attached hydrogens (tertiary/aromatic N) is 3. The number of aliphatic hydroxyl groups excluding tert-OH is 1. The number of thioether (sulfide) groups is 1. The van der Waals surface area contributed by atoms with Crippen LogP contribution in [0.15, 0.2) is 29.4 Å². The van der Waals surface area contributed by atoms with Crippen LogP contribution < -0.4 is 0 Å². The molecule has 0 amide bonds. The summed E-state index contributed by atoms with van der Waals surface area (Å²) >= 11 is 1.66. The lowest BCUT2D eigenvalue weighted by Crippen LogP contribution is -1.94. The van der Waals surface area contributed by atoms with Crippen LogP contribution in [0.1, 0.15) is 17.0 Å². The van der Waals surface area contributed by atoms with Crippen LogP contribution in [0.4, 0.5) is 0 Å². The van der Waals surface area contributed by atoms with Crippen molar-refractivity contribution in [3.63, 3.8) is 0 Å². The summed E-state index contributed by atoms with van der Waals surface area (Å²) in [5, 5.41) is 18.0. The second-order valence-corrected chi connectivity index (χ2v) is 4.79. The summed E-state index contributed by atoms with van der Waals surface area (Å²) < 4.78 is 1.98. The van der Waals surface area contributed by atoms with Crippen molar-refractivity contribution in [1.82, 2.24) is 14.8 Å². The number of aromatic nitrogens is 3. The van der Waals surface area contributed by atoms with Gasteiger partial charge in [0.25, 0.3) is 0 Å². The highest BCUT2D eigenvalue weighted by Gasteiger charge is 2.05. The molecule has 0 spiro atoms. The van der Waals surface area contributed by atoms with Gasteiger partial charge in [-0.05, 0) is 18.1 Å². The van der Waals surface area contributed by atoms with Gasteiger partial charge in [0.15, 0.2) is 5.16 Å². The molecule has 0 atom stereocenters. The maximum Gasteiger partial charge on any atom is 0.191 e. The number of hydrogen-bond donors (Lipinski definition) is 1. The Hall–Kier alpha value is -1.33. The Bertz CT molecular complexity index is 493. The van der Waals surface area contributed by atoms with Gasteiger partial charge in [-0.2, -0.15) is 0 Å². The second-order valence-electron chi connectivity index (χ2n) is 3.85. The predicted octanol–water partition coefficient (Wildman–Crippen LogP) is 1.91. The molecule has 0 unspecified atom stereocenters. The number of benzene rings is 1. The number of aryl methyl sites for hydroxylation is 1. The number of hydrogen-bond acceptors (Lipinski definition) is 4. The van der Waals surface area contributed by atoms with Gasteiger partial charge in [-0.3, -0.25) is 0 Å². The molecule has 0 aliphatic heterocycles. The van der Waals surface area contributed by atoms with Crippen molar-refractivity contribution >= 4 is 11.8 Å². The predicted molar refractivity (Wildman–Crippen MR) is 67.7 cm³/mol. The molecule has 0 saturated heterocycles. The fraction of sp³-hybridized carbons (Fsp3) is 0.333. The van der Waals surface area contributed by atoms with Gasteiger partial charge in [0, 0.05) is 12.8 Å². The summed E-state index contributed by atoms with van der Waals surface area (Å²) in [5.74, 6) is 1.78. The molecule has 2 rings (SSSR count). The van der Waals surface area contributed by atoms with E-state index >= 15 is 0 Å². The minimum Gasteiger partial charge on any atom is -0.392 e. The van der Waals surface area contributed by atoms with Gasteiger partial charge in [-0.25, -0.2) is 0 Å². The first-order valence-electron chi connectivity index (χ1n) is 5.38. The van der Waals surface area contributed by atoms with E-state index in [4.69, 9.17) is 5.11 Å². The Labute approximate surface area is 105 Å². The largest absolute Gasteiger partial charge is 0.392 e. The molecular formula is C12H15N3OS. The zero-order chi connectivity index (χ0) is 12.3. The van der Waals surface area contributed by atoms with Gasteiger partial charge in [0.1, 0.15) is 5.82 Å². The quantitative estimate of drug-likeness (QED) is 0.841. The Kier molecular flexibility index (Phi) is 3.81. The SMILES string of the molecule is Cc1nnc(SCc2ccc(CO)cc2)n1C. The van der Waals surface area contributed by atoms with Crippen LogP contribution in [0.25, 0.3) is 0 Å². The minimum absolute atomic E-state index is 0.0932. The van der Waals surface area contributed by atoms with Gasteiger partial charge < -0.3 is 9.67 Å². The summed E-state index contributed by atoms with van der Waals surface area (Å²) in [6, 6.07) is 7.94. The minimum atomic E-state index is 0.0932. The zero-order valence-electron chi connectivity index (χ0n) is 9.92. The van der Waals surface area contributed by atoms with Crippen LogP contribution in [0.2, 0.25) is 0 Å². The van der Waals surface area contributed by atoms with E-state index in [-0.39, 0.29) is 6.61 Å². The van der Waals surface area contributed by atoms with Gasteiger partial charge in [0.05, 0.1) is 6.61 Å². The second kappa shape index (κ2) is 5.33. The van der Waals surface area contributed by atoms with Crippen molar-refractivity contribution in [2.24, 2.45) is 7.05 Å². The first kappa shape index (κ1) is 12.1. The van der Waals surface area contributed by atoms with Gasteiger partial charge in [-0.1, -0.05) is 36.0 Å². The van der Waals surface area contributed by atoms with Crippen molar-refractivity contribution in [3.8, 4) is 0 Å². The number of aliphatic hydroxyl groups is 1. The van der Waals surface area contributed by atoms with Crippen LogP contribution in [0.3, 0.4) is 0 Å². The molecule has 1 aromatic carbocycles. The molecule has 1 aromatic heterocycles. The molecule has 17 heavy (non-hydrogen) atoms. The Morgan fingerprint density at radius 2 is 1.82 bits per heavy atom. The van der Waals surface area contributed by atoms with Crippen molar-refractivity contribution < 1.29 is 5.11 Å². The molecule has 0 radical (unpaired) electrons. The molecule has 0 aliphatic rings. The van der Waals surface area contributed by atoms with Crippen molar-refractivity contribution in [2.75, 3.05) is 0 Å². The van der Waals surface area contributed by atoms with E-state index in [0.29, 0.717) is 0 Å². The molecule has 5 heteroatoms. The molecule has 4 nitrogen and oxygen atoms in total. The van der Waals surface area contributed by atoms with Crippen molar-refractivity contribution in [3.05, 3.63) is 41.2 Å². The summed E-state index contributed by atoms with van der Waals surface area (Å²) in [6.45, 7) is 2.03. The van der Waals surface area contributed by atoms with Crippen molar-refractivity contribution in [2.45, 2.75) is 24.4 Å². The average molecular weight is 249 g/mol. The fourth-order valence-electron chi connectivity index (χ4n) is 1.40. The van der Waals surface area contributed by atoms with Crippen LogP contribution in [-0.2, 0) is 19.4 Å². The molecule has 0 fully saturated rings. The van der Waals surface area contributed by atoms with Gasteiger partial charge in [0.2, 0.25) is 0 Å². The van der Waals surface area contributed by atoms with E-state index in [1.807, 2.05) is 42.8 Å². The highest BCUT2D eigenvalue weighted by atomic mass is 32.2. The Morgan fingerprint density at radius 3 is 2.35 bits per heavy atom. The van der Waals surface area contributed by atoms with E-state index in [1.165, 1.54) is 5.56 Å². The fourth-order valence-corrected chi connectivity index (χ4v) is 2.31. The average Bonchev–Trinajstić information content (AvgIpc) is 2.68. The molecule has 0 saturated carbocycles. The molecule has 90 valence electrons. The maximum absolute atomic E-state index is 8.95. The third-order valence-electron chi connectivity index (χ3n) is 2.63. The van der Waals surface area contributed by atoms with Gasteiger partial charge >= 0.3 is 0 Å². The Morgan fingerprint density at radius 1 is 1.18 bits per heavy atom. The lowest BCUT2D eigenvalue weighted by Gasteiger charge is -2.03. The maximum atomic E-state index is 8.95. The monoisotopic (exact) mass is 249 g/mol. The first-order chi connectivity index (χ1) is 8.20. The van der Waals surface area contributed by atoms with E-state index < -0.39 is 0 Å². The molecular weight excluding hydrogens is 234 g/mol. The Balaban J connectivity index is 2.00. The van der Waals surface area contributed by atoms with Crippen molar-refractivity contribution in [1.29, 1.82) is 0 Å². The highest BCUT2D eigenvalue weighted by molar-refractivity contribution is 7.98. The standard InChI is InChI=1S/C12H15N3OS/c1-9-13-14-12(15(9)2)17-8-11-5-3-10(7-16)4-6-11/h3-6,16H,7-8H2,1-2H3. The molecule has 1 N–H and O–H groups in total. The van der Waals surface area contributed by atoms with E-state index in [0.717, 1.165) is 22.3 Å². The highest BCUT2D eigenvalue weighted by Crippen LogP contribution is 2.21. The van der Waals surface area contributed by atoms with Crippen LogP contribution in [-0.4, -0.2) is 19.9 Å². The topological polar surface area (TPSA) is 50.9 Å². The van der Waals surface area contributed by atoms with Crippen LogP contribution in [0, 0.1) is 6.92 Å². The molecule has 0 bridgehead atoms. The first-order valence-corrected chi connectivity index (χ1v) is 6.36. The summed E-state index contributed by atoms with van der Waals surface area (Å²) in [6.07, 6.45) is 0. The molecule has 2 aromatic rings. The lowest BCUT2D eigenvalue weighted by atomic mass is 10.2. The summed E-state index contributed by atoms with van der Waals surface area (Å²) in [5.41, 5.74) is 2.15. The summed E-state index contributed by atoms with van der Waals surface area (Å²) in [7, 11) is 1.96.